The van der Waals surface area contributed by atoms with Crippen molar-refractivity contribution >= 4 is 21.8 Å². The molecule has 28 heavy (non-hydrogen) atoms. The van der Waals surface area contributed by atoms with Gasteiger partial charge in [0.1, 0.15) is 12.4 Å². The molecule has 0 heterocycles. The molecule has 0 fully saturated rings. The number of benzene rings is 2. The molecule has 0 aliphatic carbocycles. The molecule has 0 bridgehead atoms. The number of nitrogens with one attached hydrogen (secondary N) is 1. The lowest BCUT2D eigenvalue weighted by atomic mass is 10.2. The molecule has 0 atom stereocenters. The maximum Gasteiger partial charge on any atom is 0.303 e. The summed E-state index contributed by atoms with van der Waals surface area (Å²) in [5.74, 6) is 0.524. The minimum Gasteiger partial charge on any atom is -0.492 e. The summed E-state index contributed by atoms with van der Waals surface area (Å²) in [7, 11) is 0.837. The summed E-state index contributed by atoms with van der Waals surface area (Å²) in [4.78, 5) is 12.2. The highest BCUT2D eigenvalue weighted by Crippen LogP contribution is 2.18. The maximum atomic E-state index is 12.2. The van der Waals surface area contributed by atoms with Gasteiger partial charge in [-0.1, -0.05) is 19.1 Å². The third kappa shape index (κ3) is 5.46. The van der Waals surface area contributed by atoms with Crippen LogP contribution in [0.1, 0.15) is 22.8 Å². The largest absolute Gasteiger partial charge is 0.492 e. The third-order valence-corrected chi connectivity index (χ3v) is 6.11. The van der Waals surface area contributed by atoms with Crippen LogP contribution < -0.4 is 14.4 Å². The molecule has 1 amide bonds. The Morgan fingerprint density at radius 3 is 2.14 bits per heavy atom. The van der Waals surface area contributed by atoms with Crippen LogP contribution in [0.2, 0.25) is 0 Å². The number of hydrogen-bond acceptors (Lipinski definition) is 4. The molecular formula is C20H27N3O4S. The fourth-order valence-electron chi connectivity index (χ4n) is 2.46. The fraction of sp³-hybridized carbons (Fsp3) is 0.350. The molecule has 0 aromatic heterocycles. The Balaban J connectivity index is 1.85. The van der Waals surface area contributed by atoms with E-state index in [2.05, 4.69) is 12.2 Å². The Morgan fingerprint density at radius 1 is 1.00 bits per heavy atom. The quantitative estimate of drug-likeness (QED) is 0.650. The highest BCUT2D eigenvalue weighted by molar-refractivity contribution is 7.90. The van der Waals surface area contributed by atoms with E-state index in [1.807, 2.05) is 24.3 Å². The van der Waals surface area contributed by atoms with Crippen LogP contribution in [0.25, 0.3) is 0 Å². The minimum atomic E-state index is -3.56. The maximum absolute atomic E-state index is 12.2. The molecule has 0 radical (unpaired) electrons. The first kappa shape index (κ1) is 21.7. The molecule has 0 unspecified atom stereocenters. The normalized spacial score (nSPS) is 11.3. The van der Waals surface area contributed by atoms with Crippen LogP contribution in [-0.4, -0.2) is 52.9 Å². The van der Waals surface area contributed by atoms with Gasteiger partial charge in [-0.2, -0.15) is 12.7 Å². The van der Waals surface area contributed by atoms with Crippen molar-refractivity contribution in [2.75, 3.05) is 38.6 Å². The van der Waals surface area contributed by atoms with Gasteiger partial charge in [-0.3, -0.25) is 9.10 Å². The molecule has 152 valence electrons. The molecule has 0 saturated carbocycles. The second kappa shape index (κ2) is 9.57. The van der Waals surface area contributed by atoms with Crippen molar-refractivity contribution in [3.63, 3.8) is 0 Å². The van der Waals surface area contributed by atoms with Crippen LogP contribution in [0.15, 0.2) is 48.5 Å². The summed E-state index contributed by atoms with van der Waals surface area (Å²) in [6.07, 6.45) is 0.978. The zero-order valence-corrected chi connectivity index (χ0v) is 17.5. The van der Waals surface area contributed by atoms with Crippen LogP contribution in [0, 0.1) is 0 Å². The highest BCUT2D eigenvalue weighted by atomic mass is 32.2. The average molecular weight is 406 g/mol. The number of aryl methyl sites for hydroxylation is 1. The van der Waals surface area contributed by atoms with Gasteiger partial charge < -0.3 is 10.1 Å². The van der Waals surface area contributed by atoms with Crippen LogP contribution in [0.5, 0.6) is 5.75 Å². The first-order valence-electron chi connectivity index (χ1n) is 9.02. The molecule has 0 aliphatic heterocycles. The lowest BCUT2D eigenvalue weighted by molar-refractivity contribution is 0.0947. The molecule has 0 saturated heterocycles. The van der Waals surface area contributed by atoms with Gasteiger partial charge in [-0.05, 0) is 48.4 Å². The molecule has 2 aromatic carbocycles. The van der Waals surface area contributed by atoms with E-state index in [0.29, 0.717) is 24.4 Å². The summed E-state index contributed by atoms with van der Waals surface area (Å²) in [6, 6.07) is 14.2. The molecule has 0 aliphatic rings. The summed E-state index contributed by atoms with van der Waals surface area (Å²) in [6.45, 7) is 2.82. The zero-order chi connectivity index (χ0) is 20.7. The fourth-order valence-corrected chi connectivity index (χ4v) is 3.34. The smallest absolute Gasteiger partial charge is 0.303 e. The lowest BCUT2D eigenvalue weighted by Gasteiger charge is -2.23. The SMILES string of the molecule is CCc1ccc(OCCNC(=O)c2ccc(N(C)S(=O)(=O)N(C)C)cc2)cc1. The molecule has 2 rings (SSSR count). The number of carbonyl (C=O) groups is 1. The predicted octanol–water partition coefficient (Wildman–Crippen LogP) is 2.30. The molecule has 0 spiro atoms. The second-order valence-corrected chi connectivity index (χ2v) is 8.58. The highest BCUT2D eigenvalue weighted by Gasteiger charge is 2.21. The van der Waals surface area contributed by atoms with Crippen molar-refractivity contribution < 1.29 is 17.9 Å². The van der Waals surface area contributed by atoms with Crippen molar-refractivity contribution in [3.05, 3.63) is 59.7 Å². The van der Waals surface area contributed by atoms with Crippen molar-refractivity contribution in [3.8, 4) is 5.75 Å². The average Bonchev–Trinajstić information content (AvgIpc) is 2.70. The van der Waals surface area contributed by atoms with Crippen LogP contribution >= 0.6 is 0 Å². The van der Waals surface area contributed by atoms with Crippen molar-refractivity contribution in [1.29, 1.82) is 0 Å². The van der Waals surface area contributed by atoms with E-state index in [-0.39, 0.29) is 5.91 Å². The molecule has 2 aromatic rings. The van der Waals surface area contributed by atoms with E-state index in [1.54, 1.807) is 24.3 Å². The first-order chi connectivity index (χ1) is 13.3. The van der Waals surface area contributed by atoms with E-state index < -0.39 is 10.2 Å². The van der Waals surface area contributed by atoms with Gasteiger partial charge >= 0.3 is 10.2 Å². The van der Waals surface area contributed by atoms with Crippen LogP contribution in [0.3, 0.4) is 0 Å². The van der Waals surface area contributed by atoms with Gasteiger partial charge in [0.15, 0.2) is 0 Å². The molecule has 1 N–H and O–H groups in total. The van der Waals surface area contributed by atoms with E-state index >= 15 is 0 Å². The van der Waals surface area contributed by atoms with Gasteiger partial charge in [-0.25, -0.2) is 0 Å². The number of anilines is 1. The number of amides is 1. The van der Waals surface area contributed by atoms with Gasteiger partial charge in [0.25, 0.3) is 5.91 Å². The number of hydrogen-bond donors (Lipinski definition) is 1. The Labute approximate surface area is 167 Å². The van der Waals surface area contributed by atoms with E-state index in [4.69, 9.17) is 4.74 Å². The summed E-state index contributed by atoms with van der Waals surface area (Å²) >= 11 is 0. The Kier molecular flexibility index (Phi) is 7.42. The minimum absolute atomic E-state index is 0.241. The number of carbonyl (C=O) groups excluding carboxylic acids is 1. The first-order valence-corrected chi connectivity index (χ1v) is 10.4. The zero-order valence-electron chi connectivity index (χ0n) is 16.7. The Hall–Kier alpha value is -2.58. The van der Waals surface area contributed by atoms with Crippen molar-refractivity contribution in [2.24, 2.45) is 0 Å². The van der Waals surface area contributed by atoms with Gasteiger partial charge in [-0.15, -0.1) is 0 Å². The van der Waals surface area contributed by atoms with Crippen molar-refractivity contribution in [1.82, 2.24) is 9.62 Å². The van der Waals surface area contributed by atoms with E-state index in [1.165, 1.54) is 26.7 Å². The number of rotatable bonds is 9. The second-order valence-electron chi connectivity index (χ2n) is 6.41. The van der Waals surface area contributed by atoms with Crippen LogP contribution in [0.4, 0.5) is 5.69 Å². The van der Waals surface area contributed by atoms with Crippen molar-refractivity contribution in [2.45, 2.75) is 13.3 Å². The molecule has 7 nitrogen and oxygen atoms in total. The van der Waals surface area contributed by atoms with E-state index in [0.717, 1.165) is 20.8 Å². The summed E-state index contributed by atoms with van der Waals surface area (Å²) in [5, 5.41) is 2.78. The molecular weight excluding hydrogens is 378 g/mol. The topological polar surface area (TPSA) is 79.0 Å². The third-order valence-electron chi connectivity index (χ3n) is 4.29. The summed E-state index contributed by atoms with van der Waals surface area (Å²) in [5.41, 5.74) is 2.17. The van der Waals surface area contributed by atoms with Gasteiger partial charge in [0.2, 0.25) is 0 Å². The van der Waals surface area contributed by atoms with Crippen LogP contribution in [-0.2, 0) is 16.6 Å². The van der Waals surface area contributed by atoms with E-state index in [9.17, 15) is 13.2 Å². The monoisotopic (exact) mass is 405 g/mol. The van der Waals surface area contributed by atoms with Gasteiger partial charge in [0.05, 0.1) is 12.2 Å². The summed E-state index contributed by atoms with van der Waals surface area (Å²) < 4.78 is 32.2. The number of nitrogens with zero attached hydrogens (tertiary/aromatic N) is 2. The number of ether oxygens (including phenoxy) is 1. The Morgan fingerprint density at radius 2 is 1.61 bits per heavy atom. The predicted molar refractivity (Wildman–Crippen MR) is 111 cm³/mol. The Bertz CT molecular complexity index is 879. The standard InChI is InChI=1S/C20H27N3O4S/c1-5-16-6-12-19(13-7-16)27-15-14-21-20(24)17-8-10-18(11-9-17)23(4)28(25,26)22(2)3/h6-13H,5,14-15H2,1-4H3,(H,21,24). The molecule has 8 heteroatoms. The van der Waals surface area contributed by atoms with Gasteiger partial charge in [0, 0.05) is 26.7 Å². The lowest BCUT2D eigenvalue weighted by Crippen LogP contribution is -2.37.